The topological polar surface area (TPSA) is 98.7 Å². The van der Waals surface area contributed by atoms with Gasteiger partial charge in [-0.15, -0.1) is 0 Å². The normalized spacial score (nSPS) is 17.2. The van der Waals surface area contributed by atoms with Crippen LogP contribution in [0, 0.1) is 6.92 Å². The number of aliphatic carboxylic acids is 1. The fourth-order valence-corrected chi connectivity index (χ4v) is 2.61. The van der Waals surface area contributed by atoms with Gasteiger partial charge in [-0.2, -0.15) is 0 Å². The van der Waals surface area contributed by atoms with Gasteiger partial charge in [0.2, 0.25) is 5.91 Å². The number of carbonyl (C=O) groups excluding carboxylic acids is 2. The van der Waals surface area contributed by atoms with Crippen LogP contribution in [-0.2, 0) is 9.59 Å². The van der Waals surface area contributed by atoms with E-state index in [-0.39, 0.29) is 18.9 Å². The van der Waals surface area contributed by atoms with Crippen molar-refractivity contribution in [1.82, 2.24) is 10.6 Å². The lowest BCUT2D eigenvalue weighted by atomic mass is 10.2. The predicted molar refractivity (Wildman–Crippen MR) is 88.4 cm³/mol. The molecule has 1 aliphatic heterocycles. The zero-order valence-corrected chi connectivity index (χ0v) is 14.2. The Morgan fingerprint density at radius 2 is 2.17 bits per heavy atom. The molecule has 1 saturated heterocycles. The second-order valence-corrected chi connectivity index (χ2v) is 6.16. The summed E-state index contributed by atoms with van der Waals surface area (Å²) in [6.07, 6.45) is 0.358. The van der Waals surface area contributed by atoms with E-state index in [9.17, 15) is 14.4 Å². The van der Waals surface area contributed by atoms with Crippen LogP contribution < -0.4 is 15.5 Å². The Balaban J connectivity index is 1.92. The number of nitrogens with zero attached hydrogens (tertiary/aromatic N) is 1. The van der Waals surface area contributed by atoms with Crippen LogP contribution >= 0.6 is 15.9 Å². The van der Waals surface area contributed by atoms with E-state index in [1.807, 2.05) is 25.1 Å². The highest BCUT2D eigenvalue weighted by Gasteiger charge is 2.33. The summed E-state index contributed by atoms with van der Waals surface area (Å²) >= 11 is 3.42. The summed E-state index contributed by atoms with van der Waals surface area (Å²) in [5.74, 6) is -1.15. The quantitative estimate of drug-likeness (QED) is 0.719. The van der Waals surface area contributed by atoms with Crippen molar-refractivity contribution in [3.63, 3.8) is 0 Å². The molecule has 7 nitrogen and oxygen atoms in total. The molecule has 1 aromatic carbocycles. The molecule has 0 bridgehead atoms. The predicted octanol–water partition coefficient (Wildman–Crippen LogP) is 1.64. The molecule has 0 spiro atoms. The SMILES string of the molecule is Cc1cc(N2CCC(NC(=O)NCCC(=O)O)C2=O)ccc1Br. The zero-order valence-electron chi connectivity index (χ0n) is 12.6. The number of amides is 3. The lowest BCUT2D eigenvalue weighted by Crippen LogP contribution is -2.46. The molecular formula is C15H18BrN3O4. The monoisotopic (exact) mass is 383 g/mol. The summed E-state index contributed by atoms with van der Waals surface area (Å²) in [7, 11) is 0. The molecule has 0 saturated carbocycles. The average molecular weight is 384 g/mol. The molecule has 0 aliphatic carbocycles. The first kappa shape index (κ1) is 17.3. The molecule has 23 heavy (non-hydrogen) atoms. The van der Waals surface area contributed by atoms with Crippen LogP contribution in [0.2, 0.25) is 0 Å². The molecule has 3 amide bonds. The summed E-state index contributed by atoms with van der Waals surface area (Å²) in [6, 6.07) is 4.53. The molecule has 0 aromatic heterocycles. The van der Waals surface area contributed by atoms with Crippen LogP contribution in [-0.4, -0.2) is 42.1 Å². The van der Waals surface area contributed by atoms with E-state index in [0.717, 1.165) is 15.7 Å². The largest absolute Gasteiger partial charge is 0.481 e. The number of hydrogen-bond donors (Lipinski definition) is 3. The van der Waals surface area contributed by atoms with Gasteiger partial charge in [-0.3, -0.25) is 9.59 Å². The number of carboxylic acid groups (broad SMARTS) is 1. The highest BCUT2D eigenvalue weighted by molar-refractivity contribution is 9.10. The fourth-order valence-electron chi connectivity index (χ4n) is 2.36. The van der Waals surface area contributed by atoms with Crippen molar-refractivity contribution in [2.45, 2.75) is 25.8 Å². The summed E-state index contributed by atoms with van der Waals surface area (Å²) in [5.41, 5.74) is 1.82. The van der Waals surface area contributed by atoms with Crippen molar-refractivity contribution in [3.05, 3.63) is 28.2 Å². The Morgan fingerprint density at radius 3 is 2.83 bits per heavy atom. The highest BCUT2D eigenvalue weighted by atomic mass is 79.9. The van der Waals surface area contributed by atoms with Crippen LogP contribution in [0.5, 0.6) is 0 Å². The van der Waals surface area contributed by atoms with E-state index in [4.69, 9.17) is 5.11 Å². The number of hydrogen-bond acceptors (Lipinski definition) is 3. The number of halogens is 1. The number of rotatable bonds is 5. The van der Waals surface area contributed by atoms with Gasteiger partial charge >= 0.3 is 12.0 Å². The van der Waals surface area contributed by atoms with Crippen LogP contribution in [0.1, 0.15) is 18.4 Å². The minimum absolute atomic E-state index is 0.0255. The molecule has 124 valence electrons. The molecule has 1 atom stereocenters. The standard InChI is InChI=1S/C15H18BrN3O4/c1-9-8-10(2-3-11(9)16)19-7-5-12(14(19)22)18-15(23)17-6-4-13(20)21/h2-3,8,12H,4-7H2,1H3,(H,20,21)(H2,17,18,23). The third-order valence-electron chi connectivity index (χ3n) is 3.59. The lowest BCUT2D eigenvalue weighted by Gasteiger charge is -2.18. The van der Waals surface area contributed by atoms with E-state index < -0.39 is 18.0 Å². The molecule has 3 N–H and O–H groups in total. The van der Waals surface area contributed by atoms with Crippen molar-refractivity contribution in [1.29, 1.82) is 0 Å². The molecule has 0 radical (unpaired) electrons. The van der Waals surface area contributed by atoms with E-state index in [2.05, 4.69) is 26.6 Å². The third-order valence-corrected chi connectivity index (χ3v) is 4.48. The Labute approximate surface area is 142 Å². The average Bonchev–Trinajstić information content (AvgIpc) is 2.83. The number of urea groups is 1. The van der Waals surface area contributed by atoms with Crippen molar-refractivity contribution in [3.8, 4) is 0 Å². The maximum Gasteiger partial charge on any atom is 0.315 e. The fraction of sp³-hybridized carbons (Fsp3) is 0.400. The van der Waals surface area contributed by atoms with Gasteiger partial charge in [-0.25, -0.2) is 4.79 Å². The summed E-state index contributed by atoms with van der Waals surface area (Å²) in [5, 5.41) is 13.5. The highest BCUT2D eigenvalue weighted by Crippen LogP contribution is 2.26. The van der Waals surface area contributed by atoms with Crippen molar-refractivity contribution >= 4 is 39.5 Å². The van der Waals surface area contributed by atoms with E-state index in [0.29, 0.717) is 13.0 Å². The summed E-state index contributed by atoms with van der Waals surface area (Å²) in [4.78, 5) is 36.1. The van der Waals surface area contributed by atoms with Gasteiger partial charge < -0.3 is 20.6 Å². The third kappa shape index (κ3) is 4.44. The van der Waals surface area contributed by atoms with E-state index >= 15 is 0 Å². The first-order valence-corrected chi connectivity index (χ1v) is 8.01. The van der Waals surface area contributed by atoms with Gasteiger partial charge in [0, 0.05) is 23.2 Å². The van der Waals surface area contributed by atoms with Crippen molar-refractivity contribution in [2.75, 3.05) is 18.0 Å². The maximum atomic E-state index is 12.4. The Bertz CT molecular complexity index is 635. The first-order chi connectivity index (χ1) is 10.9. The van der Waals surface area contributed by atoms with Gasteiger partial charge in [0.05, 0.1) is 6.42 Å². The van der Waals surface area contributed by atoms with E-state index in [1.54, 1.807) is 4.90 Å². The Kier molecular flexibility index (Phi) is 5.59. The molecule has 8 heteroatoms. The number of carbonyl (C=O) groups is 3. The Morgan fingerprint density at radius 1 is 1.43 bits per heavy atom. The van der Waals surface area contributed by atoms with Gasteiger partial charge in [0.1, 0.15) is 6.04 Å². The van der Waals surface area contributed by atoms with E-state index in [1.165, 1.54) is 0 Å². The van der Waals surface area contributed by atoms with Crippen LogP contribution in [0.15, 0.2) is 22.7 Å². The van der Waals surface area contributed by atoms with Gasteiger partial charge in [0.25, 0.3) is 0 Å². The van der Waals surface area contributed by atoms with Crippen molar-refractivity contribution in [2.24, 2.45) is 0 Å². The zero-order chi connectivity index (χ0) is 17.0. The summed E-state index contributed by atoms with van der Waals surface area (Å²) in [6.45, 7) is 2.50. The molecule has 1 unspecified atom stereocenters. The molecule has 1 aromatic rings. The smallest absolute Gasteiger partial charge is 0.315 e. The minimum Gasteiger partial charge on any atom is -0.481 e. The Hall–Kier alpha value is -2.09. The number of anilines is 1. The minimum atomic E-state index is -0.987. The van der Waals surface area contributed by atoms with Crippen LogP contribution in [0.25, 0.3) is 0 Å². The molecule has 1 aliphatic rings. The summed E-state index contributed by atoms with van der Waals surface area (Å²) < 4.78 is 0.973. The molecule has 1 fully saturated rings. The second-order valence-electron chi connectivity index (χ2n) is 5.31. The van der Waals surface area contributed by atoms with Crippen molar-refractivity contribution < 1.29 is 19.5 Å². The van der Waals surface area contributed by atoms with Crippen LogP contribution in [0.4, 0.5) is 10.5 Å². The number of carboxylic acids is 1. The second kappa shape index (κ2) is 7.45. The lowest BCUT2D eigenvalue weighted by molar-refractivity contribution is -0.136. The molecule has 2 rings (SSSR count). The molecular weight excluding hydrogens is 366 g/mol. The maximum absolute atomic E-state index is 12.4. The van der Waals surface area contributed by atoms with Gasteiger partial charge in [-0.1, -0.05) is 15.9 Å². The molecule has 1 heterocycles. The number of aryl methyl sites for hydroxylation is 1. The van der Waals surface area contributed by atoms with Crippen LogP contribution in [0.3, 0.4) is 0 Å². The number of benzene rings is 1. The van der Waals surface area contributed by atoms with Gasteiger partial charge in [0.15, 0.2) is 0 Å². The first-order valence-electron chi connectivity index (χ1n) is 7.22. The van der Waals surface area contributed by atoms with Gasteiger partial charge in [-0.05, 0) is 37.1 Å². The number of nitrogens with one attached hydrogen (secondary N) is 2.